The van der Waals surface area contributed by atoms with Crippen molar-refractivity contribution in [3.8, 4) is 5.75 Å². The van der Waals surface area contributed by atoms with Gasteiger partial charge in [-0.05, 0) is 73.2 Å². The van der Waals surface area contributed by atoms with Crippen LogP contribution >= 0.6 is 0 Å². The van der Waals surface area contributed by atoms with Crippen molar-refractivity contribution in [2.45, 2.75) is 76.0 Å². The maximum Gasteiger partial charge on any atom is 0.573 e. The number of carboxylic acid groups (broad SMARTS) is 1. The number of benzene rings is 2. The van der Waals surface area contributed by atoms with Gasteiger partial charge in [0.2, 0.25) is 5.91 Å². The summed E-state index contributed by atoms with van der Waals surface area (Å²) in [4.78, 5) is 41.9. The molecule has 2 aromatic carbocycles. The van der Waals surface area contributed by atoms with Crippen molar-refractivity contribution in [1.82, 2.24) is 4.90 Å². The first-order valence-electron chi connectivity index (χ1n) is 13.0. The highest BCUT2D eigenvalue weighted by atomic mass is 19.4. The number of rotatable bonds is 8. The Hall–Kier alpha value is -3.60. The van der Waals surface area contributed by atoms with Gasteiger partial charge in [0.25, 0.3) is 5.91 Å². The third-order valence-corrected chi connectivity index (χ3v) is 7.76. The van der Waals surface area contributed by atoms with Crippen molar-refractivity contribution in [2.75, 3.05) is 4.90 Å². The average Bonchev–Trinajstić information content (AvgIpc) is 3.61. The summed E-state index contributed by atoms with van der Waals surface area (Å²) in [6.07, 6.45) is -1.36. The minimum Gasteiger partial charge on any atom is -0.481 e. The number of ether oxygens (including phenoxy) is 1. The molecule has 1 heterocycles. The van der Waals surface area contributed by atoms with Gasteiger partial charge in [-0.1, -0.05) is 12.5 Å². The van der Waals surface area contributed by atoms with Gasteiger partial charge in [-0.15, -0.1) is 13.2 Å². The van der Waals surface area contributed by atoms with Crippen LogP contribution in [-0.2, 0) is 16.2 Å². The number of carbonyl (C=O) groups excluding carboxylic acids is 2. The van der Waals surface area contributed by atoms with E-state index in [1.54, 1.807) is 23.1 Å². The fraction of sp³-hybridized carbons (Fsp3) is 0.464. The van der Waals surface area contributed by atoms with E-state index < -0.39 is 18.1 Å². The van der Waals surface area contributed by atoms with Crippen LogP contribution in [0.5, 0.6) is 5.75 Å². The molecule has 0 saturated heterocycles. The van der Waals surface area contributed by atoms with Crippen molar-refractivity contribution < 1.29 is 42.5 Å². The molecule has 2 saturated carbocycles. The number of anilines is 1. The fourth-order valence-corrected chi connectivity index (χ4v) is 6.06. The van der Waals surface area contributed by atoms with Crippen molar-refractivity contribution in [2.24, 2.45) is 5.92 Å². The second kappa shape index (κ2) is 10.5. The smallest absolute Gasteiger partial charge is 0.481 e. The highest BCUT2D eigenvalue weighted by molar-refractivity contribution is 6.07. The van der Waals surface area contributed by atoms with Gasteiger partial charge < -0.3 is 24.7 Å². The molecule has 11 heteroatoms. The highest BCUT2D eigenvalue weighted by Crippen LogP contribution is 2.53. The molecule has 3 unspecified atom stereocenters. The van der Waals surface area contributed by atoms with E-state index in [-0.39, 0.29) is 60.9 Å². The summed E-state index contributed by atoms with van der Waals surface area (Å²) < 4.78 is 41.7. The summed E-state index contributed by atoms with van der Waals surface area (Å²) in [5, 5.41) is 19.0. The maximum atomic E-state index is 13.9. The van der Waals surface area contributed by atoms with E-state index in [4.69, 9.17) is 5.11 Å². The zero-order valence-corrected chi connectivity index (χ0v) is 21.1. The lowest BCUT2D eigenvalue weighted by Crippen LogP contribution is -2.53. The number of aliphatic carboxylic acids is 1. The van der Waals surface area contributed by atoms with E-state index in [0.29, 0.717) is 23.2 Å². The maximum absolute atomic E-state index is 13.9. The molecule has 3 atom stereocenters. The second-order valence-electron chi connectivity index (χ2n) is 10.3. The van der Waals surface area contributed by atoms with Gasteiger partial charge >= 0.3 is 12.3 Å². The summed E-state index contributed by atoms with van der Waals surface area (Å²) in [7, 11) is 0. The third kappa shape index (κ3) is 5.59. The molecule has 2 amide bonds. The van der Waals surface area contributed by atoms with Crippen LogP contribution in [0.4, 0.5) is 18.9 Å². The standard InChI is InChI=1S/C28H29F3N2O6/c29-28(30,31)39-19-9-5-17(6-10-19)27(38)33-22-3-1-2-20(22)26(21-14-16(15-34)4-11-23(21)33)32(18-7-8-18)24(35)12-13-25(36)37/h4-6,9-11,14,18,20,22,26,34H,1-3,7-8,12-13,15H2,(H,36,37). The summed E-state index contributed by atoms with van der Waals surface area (Å²) in [5.41, 5.74) is 2.11. The molecular formula is C28H29F3N2O6. The highest BCUT2D eigenvalue weighted by Gasteiger charge is 2.51. The Morgan fingerprint density at radius 1 is 1.00 bits per heavy atom. The molecule has 0 aromatic heterocycles. The summed E-state index contributed by atoms with van der Waals surface area (Å²) >= 11 is 0. The summed E-state index contributed by atoms with van der Waals surface area (Å²) in [6.45, 7) is -0.237. The molecule has 39 heavy (non-hydrogen) atoms. The van der Waals surface area contributed by atoms with Crippen LogP contribution in [0.3, 0.4) is 0 Å². The van der Waals surface area contributed by atoms with Crippen molar-refractivity contribution in [1.29, 1.82) is 0 Å². The van der Waals surface area contributed by atoms with Crippen LogP contribution in [-0.4, -0.2) is 51.3 Å². The lowest BCUT2D eigenvalue weighted by molar-refractivity contribution is -0.274. The largest absolute Gasteiger partial charge is 0.573 e. The average molecular weight is 547 g/mol. The van der Waals surface area contributed by atoms with Crippen molar-refractivity contribution in [3.63, 3.8) is 0 Å². The number of carbonyl (C=O) groups is 3. The van der Waals surface area contributed by atoms with Gasteiger partial charge in [0.1, 0.15) is 5.75 Å². The van der Waals surface area contributed by atoms with Crippen LogP contribution in [0.2, 0.25) is 0 Å². The number of nitrogens with zero attached hydrogens (tertiary/aromatic N) is 2. The minimum absolute atomic E-state index is 0.00777. The quantitative estimate of drug-likeness (QED) is 0.493. The van der Waals surface area contributed by atoms with Crippen LogP contribution in [0.25, 0.3) is 0 Å². The number of alkyl halides is 3. The van der Waals surface area contributed by atoms with E-state index >= 15 is 0 Å². The molecule has 8 nitrogen and oxygen atoms in total. The molecule has 1 aliphatic heterocycles. The van der Waals surface area contributed by atoms with Gasteiger partial charge in [0.15, 0.2) is 0 Å². The van der Waals surface area contributed by atoms with E-state index in [1.807, 2.05) is 4.90 Å². The van der Waals surface area contributed by atoms with E-state index in [0.717, 1.165) is 37.8 Å². The van der Waals surface area contributed by atoms with Gasteiger partial charge in [0, 0.05) is 35.7 Å². The number of aliphatic hydroxyl groups excluding tert-OH is 1. The molecule has 208 valence electrons. The molecule has 3 aliphatic rings. The van der Waals surface area contributed by atoms with Gasteiger partial charge in [-0.25, -0.2) is 0 Å². The lowest BCUT2D eigenvalue weighted by Gasteiger charge is -2.48. The molecule has 2 fully saturated rings. The zero-order valence-electron chi connectivity index (χ0n) is 21.1. The lowest BCUT2D eigenvalue weighted by atomic mass is 9.80. The number of aliphatic hydroxyl groups is 1. The molecular weight excluding hydrogens is 517 g/mol. The number of fused-ring (bicyclic) bond motifs is 2. The molecule has 0 radical (unpaired) electrons. The number of halogens is 3. The topological polar surface area (TPSA) is 107 Å². The molecule has 2 aliphatic carbocycles. The number of hydrogen-bond donors (Lipinski definition) is 2. The fourth-order valence-electron chi connectivity index (χ4n) is 6.06. The van der Waals surface area contributed by atoms with E-state index in [1.165, 1.54) is 12.1 Å². The second-order valence-corrected chi connectivity index (χ2v) is 10.3. The first-order chi connectivity index (χ1) is 18.6. The van der Waals surface area contributed by atoms with Crippen LogP contribution < -0.4 is 9.64 Å². The number of carboxylic acids is 1. The Labute approximate surface area is 223 Å². The van der Waals surface area contributed by atoms with Gasteiger partial charge in [-0.2, -0.15) is 0 Å². The van der Waals surface area contributed by atoms with Crippen LogP contribution in [0.15, 0.2) is 42.5 Å². The first-order valence-corrected chi connectivity index (χ1v) is 13.0. The van der Waals surface area contributed by atoms with Gasteiger partial charge in [0.05, 0.1) is 19.1 Å². The summed E-state index contributed by atoms with van der Waals surface area (Å²) in [6, 6.07) is 9.42. The van der Waals surface area contributed by atoms with Crippen molar-refractivity contribution >= 4 is 23.5 Å². The van der Waals surface area contributed by atoms with Gasteiger partial charge in [-0.3, -0.25) is 14.4 Å². The Balaban J connectivity index is 1.54. The number of hydrogen-bond acceptors (Lipinski definition) is 5. The predicted octanol–water partition coefficient (Wildman–Crippen LogP) is 4.80. The Morgan fingerprint density at radius 3 is 2.33 bits per heavy atom. The van der Waals surface area contributed by atoms with Crippen LogP contribution in [0.1, 0.15) is 72.5 Å². The minimum atomic E-state index is -4.84. The van der Waals surface area contributed by atoms with Crippen LogP contribution in [0, 0.1) is 5.92 Å². The Morgan fingerprint density at radius 2 is 1.72 bits per heavy atom. The zero-order chi connectivity index (χ0) is 27.9. The Bertz CT molecular complexity index is 1260. The monoisotopic (exact) mass is 546 g/mol. The molecule has 2 N–H and O–H groups in total. The third-order valence-electron chi connectivity index (χ3n) is 7.76. The first kappa shape index (κ1) is 27.0. The normalized spacial score (nSPS) is 22.2. The number of amides is 2. The molecule has 5 rings (SSSR count). The summed E-state index contributed by atoms with van der Waals surface area (Å²) in [5.74, 6) is -2.21. The van der Waals surface area contributed by atoms with E-state index in [9.17, 15) is 32.7 Å². The predicted molar refractivity (Wildman–Crippen MR) is 133 cm³/mol. The molecule has 2 aromatic rings. The molecule has 0 bridgehead atoms. The van der Waals surface area contributed by atoms with E-state index in [2.05, 4.69) is 4.74 Å². The SMILES string of the molecule is O=C(O)CCC(=O)N(C1CC1)C1c2cc(CO)ccc2N(C(=O)c2ccc(OC(F)(F)F)cc2)C2CCCC21. The molecule has 0 spiro atoms. The van der Waals surface area contributed by atoms with Crippen molar-refractivity contribution in [3.05, 3.63) is 59.2 Å². The Kier molecular flexibility index (Phi) is 7.28.